The number of nitro groups is 1. The maximum Gasteiger partial charge on any atom is 0.338 e. The van der Waals surface area contributed by atoms with Crippen molar-refractivity contribution in [3.63, 3.8) is 0 Å². The largest absolute Gasteiger partial charge is 0.465 e. The number of carbonyl (C=O) groups is 3. The average molecular weight is 641 g/mol. The molecule has 2 amide bonds. The molecule has 10 nitrogen and oxygen atoms in total. The number of rotatable bonds is 5. The Morgan fingerprint density at radius 3 is 2.64 bits per heavy atom. The van der Waals surface area contributed by atoms with E-state index in [1.54, 1.807) is 31.2 Å². The second kappa shape index (κ2) is 10.8. The molecule has 44 heavy (non-hydrogen) atoms. The van der Waals surface area contributed by atoms with E-state index in [-0.39, 0.29) is 34.8 Å². The maximum absolute atomic E-state index is 15.9. The van der Waals surface area contributed by atoms with Crippen LogP contribution in [-0.4, -0.2) is 59.4 Å². The van der Waals surface area contributed by atoms with Crippen LogP contribution in [-0.2, 0) is 20.7 Å². The number of likely N-dealkylation sites (N-methyl/N-ethyl adjacent to an activating group) is 1. The van der Waals surface area contributed by atoms with Crippen LogP contribution < -0.4 is 10.2 Å². The Labute approximate surface area is 261 Å². The molecule has 228 valence electrons. The third-order valence-electron chi connectivity index (χ3n) is 9.17. The topological polar surface area (TPSA) is 122 Å². The van der Waals surface area contributed by atoms with Crippen molar-refractivity contribution in [3.8, 4) is 0 Å². The SMILES string of the molecule is CCN1[C@H]2CN(c3cc(C)c(C(=O)OC)cc3[N+](=O)[O-])C(=O)[C@H]2[C@H](c2cccc(Cl)c2F)[C@@]12Cc1ccc(Cl)cc1NC2=O. The lowest BCUT2D eigenvalue weighted by Crippen LogP contribution is -2.62. The summed E-state index contributed by atoms with van der Waals surface area (Å²) >= 11 is 12.4. The molecule has 2 saturated heterocycles. The van der Waals surface area contributed by atoms with Gasteiger partial charge in [-0.1, -0.05) is 48.3 Å². The Bertz CT molecular complexity index is 1770. The Morgan fingerprint density at radius 1 is 1.20 bits per heavy atom. The zero-order chi connectivity index (χ0) is 31.7. The molecule has 6 rings (SSSR count). The van der Waals surface area contributed by atoms with Gasteiger partial charge >= 0.3 is 5.97 Å². The van der Waals surface area contributed by atoms with Crippen molar-refractivity contribution in [2.45, 2.75) is 37.8 Å². The molecular formula is C31H27Cl2FN4O6. The number of hydrogen-bond acceptors (Lipinski definition) is 7. The Morgan fingerprint density at radius 2 is 1.95 bits per heavy atom. The molecule has 0 unspecified atom stereocenters. The molecule has 0 aromatic heterocycles. The van der Waals surface area contributed by atoms with Crippen molar-refractivity contribution in [1.82, 2.24) is 4.90 Å². The number of nitro benzene ring substituents is 1. The van der Waals surface area contributed by atoms with Crippen molar-refractivity contribution in [2.24, 2.45) is 5.92 Å². The van der Waals surface area contributed by atoms with Crippen LogP contribution in [0.3, 0.4) is 0 Å². The number of nitrogens with one attached hydrogen (secondary N) is 1. The molecule has 13 heteroatoms. The minimum atomic E-state index is -1.38. The van der Waals surface area contributed by atoms with Gasteiger partial charge in [0.1, 0.15) is 17.0 Å². The zero-order valence-corrected chi connectivity index (χ0v) is 25.4. The van der Waals surface area contributed by atoms with E-state index in [0.717, 1.165) is 11.6 Å². The summed E-state index contributed by atoms with van der Waals surface area (Å²) in [7, 11) is 1.17. The van der Waals surface area contributed by atoms with E-state index in [4.69, 9.17) is 27.9 Å². The van der Waals surface area contributed by atoms with E-state index < -0.39 is 57.6 Å². The highest BCUT2D eigenvalue weighted by atomic mass is 35.5. The molecular weight excluding hydrogens is 614 g/mol. The van der Waals surface area contributed by atoms with E-state index in [9.17, 15) is 24.5 Å². The highest BCUT2D eigenvalue weighted by molar-refractivity contribution is 6.31. The molecule has 4 atom stereocenters. The van der Waals surface area contributed by atoms with Crippen LogP contribution in [0.25, 0.3) is 0 Å². The smallest absolute Gasteiger partial charge is 0.338 e. The van der Waals surface area contributed by atoms with Crippen molar-refractivity contribution in [2.75, 3.05) is 30.4 Å². The average Bonchev–Trinajstić information content (AvgIpc) is 3.45. The van der Waals surface area contributed by atoms with Crippen molar-refractivity contribution < 1.29 is 28.4 Å². The van der Waals surface area contributed by atoms with E-state index in [2.05, 4.69) is 5.32 Å². The van der Waals surface area contributed by atoms with Gasteiger partial charge in [0.25, 0.3) is 5.69 Å². The molecule has 3 aromatic rings. The summed E-state index contributed by atoms with van der Waals surface area (Å²) < 4.78 is 20.7. The van der Waals surface area contributed by atoms with E-state index in [0.29, 0.717) is 22.8 Å². The molecule has 0 saturated carbocycles. The Balaban J connectivity index is 1.53. The number of carbonyl (C=O) groups excluding carboxylic acids is 3. The number of aryl methyl sites for hydroxylation is 1. The molecule has 3 aliphatic rings. The number of ether oxygens (including phenoxy) is 1. The fourth-order valence-corrected chi connectivity index (χ4v) is 7.74. The van der Waals surface area contributed by atoms with Gasteiger partial charge in [-0.05, 0) is 54.4 Å². The fraction of sp³-hybridized carbons (Fsp3) is 0.323. The monoisotopic (exact) mass is 640 g/mol. The number of nitrogens with zero attached hydrogens (tertiary/aromatic N) is 3. The molecule has 2 fully saturated rings. The lowest BCUT2D eigenvalue weighted by atomic mass is 9.69. The lowest BCUT2D eigenvalue weighted by Gasteiger charge is -2.46. The second-order valence-electron chi connectivity index (χ2n) is 11.2. The molecule has 1 N–H and O–H groups in total. The Hall–Kier alpha value is -4.06. The number of anilines is 2. The van der Waals surface area contributed by atoms with Gasteiger partial charge in [0.05, 0.1) is 28.5 Å². The summed E-state index contributed by atoms with van der Waals surface area (Å²) in [5.74, 6) is -4.35. The number of likely N-dealkylation sites (tertiary alicyclic amines) is 1. The van der Waals surface area contributed by atoms with Gasteiger partial charge in [0, 0.05) is 41.7 Å². The highest BCUT2D eigenvalue weighted by Gasteiger charge is 2.69. The summed E-state index contributed by atoms with van der Waals surface area (Å²) in [6.45, 7) is 3.76. The number of methoxy groups -OCH3 is 1. The van der Waals surface area contributed by atoms with Crippen LogP contribution in [0.15, 0.2) is 48.5 Å². The summed E-state index contributed by atoms with van der Waals surface area (Å²) in [5.41, 5.74) is -0.0276. The van der Waals surface area contributed by atoms with Crippen LogP contribution in [0.5, 0.6) is 0 Å². The number of amides is 2. The van der Waals surface area contributed by atoms with Crippen molar-refractivity contribution in [3.05, 3.63) is 96.8 Å². The first-order valence-corrected chi connectivity index (χ1v) is 14.7. The van der Waals surface area contributed by atoms with Gasteiger partial charge in [0.2, 0.25) is 11.8 Å². The third-order valence-corrected chi connectivity index (χ3v) is 9.69. The fourth-order valence-electron chi connectivity index (χ4n) is 7.39. The predicted octanol–water partition coefficient (Wildman–Crippen LogP) is 5.52. The van der Waals surface area contributed by atoms with Crippen LogP contribution in [0.1, 0.15) is 39.9 Å². The summed E-state index contributed by atoms with van der Waals surface area (Å²) in [6, 6.07) is 11.6. The minimum Gasteiger partial charge on any atom is -0.465 e. The standard InChI is InChI=1S/C31H27Cl2FN4O6/c1-4-37-24-14-36(22-10-15(2)19(29(40)44-3)12-23(22)38(42)43)28(39)25(24)26(18-6-5-7-20(33)27(18)34)31(37)13-16-8-9-17(32)11-21(16)35-30(31)41/h5-12,24-26H,4,13-14H2,1-3H3,(H,35,41)/t24-,25+,26-,31+/m0/s1. The highest BCUT2D eigenvalue weighted by Crippen LogP contribution is 2.57. The van der Waals surface area contributed by atoms with Crippen LogP contribution >= 0.6 is 23.2 Å². The van der Waals surface area contributed by atoms with Crippen LogP contribution in [0.4, 0.5) is 21.5 Å². The quantitative estimate of drug-likeness (QED) is 0.221. The number of halogens is 3. The third kappa shape index (κ3) is 4.28. The normalized spacial score (nSPS) is 24.3. The first kappa shape index (κ1) is 30.0. The predicted molar refractivity (Wildman–Crippen MR) is 162 cm³/mol. The summed E-state index contributed by atoms with van der Waals surface area (Å²) in [6.07, 6.45) is 0.170. The van der Waals surface area contributed by atoms with E-state index >= 15 is 4.39 Å². The number of hydrogen-bond donors (Lipinski definition) is 1. The van der Waals surface area contributed by atoms with Gasteiger partial charge in [-0.25, -0.2) is 9.18 Å². The summed E-state index contributed by atoms with van der Waals surface area (Å²) in [4.78, 5) is 55.8. The van der Waals surface area contributed by atoms with Gasteiger partial charge < -0.3 is 15.0 Å². The first-order chi connectivity index (χ1) is 20.9. The molecule has 0 radical (unpaired) electrons. The lowest BCUT2D eigenvalue weighted by molar-refractivity contribution is -0.384. The van der Waals surface area contributed by atoms with E-state index in [1.807, 2.05) is 11.8 Å². The van der Waals surface area contributed by atoms with Crippen molar-refractivity contribution in [1.29, 1.82) is 0 Å². The van der Waals surface area contributed by atoms with Crippen LogP contribution in [0, 0.1) is 28.8 Å². The molecule has 0 aliphatic carbocycles. The molecule has 0 bridgehead atoms. The molecule has 3 heterocycles. The van der Waals surface area contributed by atoms with Gasteiger partial charge in [-0.2, -0.15) is 0 Å². The minimum absolute atomic E-state index is 0.000415. The molecule has 1 spiro atoms. The van der Waals surface area contributed by atoms with Gasteiger partial charge in [-0.3, -0.25) is 24.6 Å². The van der Waals surface area contributed by atoms with Crippen LogP contribution in [0.2, 0.25) is 10.0 Å². The van der Waals surface area contributed by atoms with Gasteiger partial charge in [0.15, 0.2) is 0 Å². The second-order valence-corrected chi connectivity index (χ2v) is 12.1. The summed E-state index contributed by atoms with van der Waals surface area (Å²) in [5, 5.41) is 15.4. The number of esters is 1. The van der Waals surface area contributed by atoms with Crippen molar-refractivity contribution >= 4 is 58.0 Å². The molecule has 3 aromatic carbocycles. The number of benzene rings is 3. The van der Waals surface area contributed by atoms with E-state index in [1.165, 1.54) is 30.2 Å². The van der Waals surface area contributed by atoms with Gasteiger partial charge in [-0.15, -0.1) is 0 Å². The Kier molecular flexibility index (Phi) is 7.38. The first-order valence-electron chi connectivity index (χ1n) is 13.9. The molecule has 3 aliphatic heterocycles. The number of fused-ring (bicyclic) bond motifs is 2. The zero-order valence-electron chi connectivity index (χ0n) is 23.9. The maximum atomic E-state index is 15.9.